The fourth-order valence-electron chi connectivity index (χ4n) is 0.691. The van der Waals surface area contributed by atoms with E-state index in [-0.39, 0.29) is 6.61 Å². The van der Waals surface area contributed by atoms with Crippen LogP contribution >= 0.6 is 11.3 Å². The maximum absolute atomic E-state index is 12.0. The number of hydrogen-bond donors (Lipinski definition) is 1. The van der Waals surface area contributed by atoms with E-state index in [1.165, 1.54) is 6.20 Å². The first-order valence-corrected chi connectivity index (χ1v) is 4.59. The maximum Gasteiger partial charge on any atom is 0.414 e. The Hall–Kier alpha value is -0.820. The number of alkyl halides is 3. The number of rotatable bonds is 3. The molecule has 14 heavy (non-hydrogen) atoms. The van der Waals surface area contributed by atoms with Crippen LogP contribution in [0.15, 0.2) is 6.20 Å². The molecule has 3 nitrogen and oxygen atoms in total. The number of nitrogen functional groups attached to an aromatic ring is 1. The molecule has 0 aliphatic rings. The average molecular weight is 226 g/mol. The van der Waals surface area contributed by atoms with Crippen molar-refractivity contribution >= 4 is 16.5 Å². The maximum atomic E-state index is 12.0. The summed E-state index contributed by atoms with van der Waals surface area (Å²) in [5.41, 5.74) is 5.30. The van der Waals surface area contributed by atoms with E-state index in [1.807, 2.05) is 0 Å². The standard InChI is InChI=1S/C7H9F3N2OS/c1-4(7(8,9)10)13-3-5-2-12-6(11)14-5/h2,4H,3H2,1H3,(H2,11,12). The second kappa shape index (κ2) is 4.14. The number of ether oxygens (including phenoxy) is 1. The van der Waals surface area contributed by atoms with Gasteiger partial charge in [0, 0.05) is 6.20 Å². The summed E-state index contributed by atoms with van der Waals surface area (Å²) >= 11 is 1.11. The van der Waals surface area contributed by atoms with E-state index in [0.717, 1.165) is 18.3 Å². The minimum atomic E-state index is -4.32. The molecular weight excluding hydrogens is 217 g/mol. The van der Waals surface area contributed by atoms with Crippen LogP contribution in [0.25, 0.3) is 0 Å². The fourth-order valence-corrected chi connectivity index (χ4v) is 1.30. The Morgan fingerprint density at radius 3 is 2.71 bits per heavy atom. The van der Waals surface area contributed by atoms with Gasteiger partial charge in [0.1, 0.15) is 0 Å². The third-order valence-corrected chi connectivity index (χ3v) is 2.31. The largest absolute Gasteiger partial charge is 0.414 e. The van der Waals surface area contributed by atoms with Crippen molar-refractivity contribution in [2.45, 2.75) is 25.8 Å². The van der Waals surface area contributed by atoms with Crippen LogP contribution in [-0.2, 0) is 11.3 Å². The van der Waals surface area contributed by atoms with Gasteiger partial charge in [-0.2, -0.15) is 13.2 Å². The Morgan fingerprint density at radius 2 is 2.29 bits per heavy atom. The van der Waals surface area contributed by atoms with Crippen molar-refractivity contribution in [1.29, 1.82) is 0 Å². The Morgan fingerprint density at radius 1 is 1.64 bits per heavy atom. The number of anilines is 1. The van der Waals surface area contributed by atoms with Gasteiger partial charge in [-0.15, -0.1) is 0 Å². The van der Waals surface area contributed by atoms with Crippen molar-refractivity contribution in [3.63, 3.8) is 0 Å². The Labute approximate surface area is 82.7 Å². The lowest BCUT2D eigenvalue weighted by molar-refractivity contribution is -0.217. The molecule has 2 N–H and O–H groups in total. The SMILES string of the molecule is CC(OCc1cnc(N)s1)C(F)(F)F. The lowest BCUT2D eigenvalue weighted by Gasteiger charge is -2.15. The van der Waals surface area contributed by atoms with E-state index in [1.54, 1.807) is 0 Å². The van der Waals surface area contributed by atoms with Crippen LogP contribution in [0.5, 0.6) is 0 Å². The third-order valence-electron chi connectivity index (χ3n) is 1.51. The van der Waals surface area contributed by atoms with Crippen LogP contribution in [0, 0.1) is 0 Å². The fraction of sp³-hybridized carbons (Fsp3) is 0.571. The summed E-state index contributed by atoms with van der Waals surface area (Å²) in [6, 6.07) is 0. The van der Waals surface area contributed by atoms with Crippen molar-refractivity contribution in [1.82, 2.24) is 4.98 Å². The molecule has 0 spiro atoms. The van der Waals surface area contributed by atoms with Gasteiger partial charge in [0.2, 0.25) is 0 Å². The topological polar surface area (TPSA) is 48.1 Å². The van der Waals surface area contributed by atoms with Gasteiger partial charge in [-0.1, -0.05) is 11.3 Å². The molecule has 1 aromatic rings. The normalized spacial score (nSPS) is 14.3. The molecule has 80 valence electrons. The van der Waals surface area contributed by atoms with Crippen molar-refractivity contribution in [3.8, 4) is 0 Å². The van der Waals surface area contributed by atoms with Crippen molar-refractivity contribution in [2.24, 2.45) is 0 Å². The van der Waals surface area contributed by atoms with E-state index < -0.39 is 12.3 Å². The summed E-state index contributed by atoms with van der Waals surface area (Å²) in [5, 5.41) is 0.322. The number of nitrogens with two attached hydrogens (primary N) is 1. The number of nitrogens with zero attached hydrogens (tertiary/aromatic N) is 1. The monoisotopic (exact) mass is 226 g/mol. The lowest BCUT2D eigenvalue weighted by Crippen LogP contribution is -2.28. The Balaban J connectivity index is 2.41. The predicted octanol–water partition coefficient (Wildman–Crippen LogP) is 2.19. The Bertz CT molecular complexity index is 299. The van der Waals surface area contributed by atoms with Gasteiger partial charge in [-0.25, -0.2) is 4.98 Å². The van der Waals surface area contributed by atoms with E-state index in [2.05, 4.69) is 9.72 Å². The van der Waals surface area contributed by atoms with Gasteiger partial charge in [0.15, 0.2) is 11.2 Å². The van der Waals surface area contributed by atoms with Crippen LogP contribution in [0.1, 0.15) is 11.8 Å². The Kier molecular flexibility index (Phi) is 3.33. The highest BCUT2D eigenvalue weighted by Gasteiger charge is 2.36. The van der Waals surface area contributed by atoms with Gasteiger partial charge in [0.05, 0.1) is 11.5 Å². The van der Waals surface area contributed by atoms with Gasteiger partial charge in [0.25, 0.3) is 0 Å². The van der Waals surface area contributed by atoms with E-state index >= 15 is 0 Å². The second-order valence-corrected chi connectivity index (χ2v) is 3.81. The highest BCUT2D eigenvalue weighted by molar-refractivity contribution is 7.15. The molecule has 0 fully saturated rings. The molecule has 0 saturated heterocycles. The highest BCUT2D eigenvalue weighted by Crippen LogP contribution is 2.24. The van der Waals surface area contributed by atoms with E-state index in [9.17, 15) is 13.2 Å². The summed E-state index contributed by atoms with van der Waals surface area (Å²) < 4.78 is 40.6. The van der Waals surface area contributed by atoms with Crippen molar-refractivity contribution in [2.75, 3.05) is 5.73 Å². The first-order chi connectivity index (χ1) is 6.39. The zero-order valence-electron chi connectivity index (χ0n) is 7.34. The van der Waals surface area contributed by atoms with Crippen LogP contribution < -0.4 is 5.73 Å². The zero-order chi connectivity index (χ0) is 10.8. The molecule has 0 bridgehead atoms. The quantitative estimate of drug-likeness (QED) is 0.859. The summed E-state index contributed by atoms with van der Waals surface area (Å²) in [4.78, 5) is 4.27. The summed E-state index contributed by atoms with van der Waals surface area (Å²) in [5.74, 6) is 0. The number of hydrogen-bond acceptors (Lipinski definition) is 4. The van der Waals surface area contributed by atoms with Gasteiger partial charge in [-0.05, 0) is 6.92 Å². The van der Waals surface area contributed by atoms with Gasteiger partial charge >= 0.3 is 6.18 Å². The second-order valence-electron chi connectivity index (χ2n) is 2.66. The van der Waals surface area contributed by atoms with Crippen molar-refractivity contribution in [3.05, 3.63) is 11.1 Å². The highest BCUT2D eigenvalue weighted by atomic mass is 32.1. The van der Waals surface area contributed by atoms with Crippen LogP contribution in [0.4, 0.5) is 18.3 Å². The third kappa shape index (κ3) is 3.15. The molecule has 1 heterocycles. The molecule has 0 aliphatic heterocycles. The summed E-state index contributed by atoms with van der Waals surface area (Å²) in [7, 11) is 0. The molecule has 1 rings (SSSR count). The summed E-state index contributed by atoms with van der Waals surface area (Å²) in [6.45, 7) is 0.847. The molecule has 7 heteroatoms. The first kappa shape index (κ1) is 11.3. The molecule has 0 amide bonds. The average Bonchev–Trinajstić information content (AvgIpc) is 2.45. The number of thiazole rings is 1. The number of halogens is 3. The molecule has 0 aliphatic carbocycles. The molecule has 0 radical (unpaired) electrons. The molecule has 1 atom stereocenters. The van der Waals surface area contributed by atoms with Gasteiger partial charge < -0.3 is 10.5 Å². The molecular formula is C7H9F3N2OS. The smallest absolute Gasteiger partial charge is 0.375 e. The molecule has 1 unspecified atom stereocenters. The zero-order valence-corrected chi connectivity index (χ0v) is 8.15. The summed E-state index contributed by atoms with van der Waals surface area (Å²) in [6.07, 6.45) is -4.69. The van der Waals surface area contributed by atoms with Crippen LogP contribution in [-0.4, -0.2) is 17.3 Å². The minimum Gasteiger partial charge on any atom is -0.375 e. The predicted molar refractivity (Wildman–Crippen MR) is 46.8 cm³/mol. The van der Waals surface area contributed by atoms with Gasteiger partial charge in [-0.3, -0.25) is 0 Å². The first-order valence-electron chi connectivity index (χ1n) is 3.78. The molecule has 0 aromatic carbocycles. The van der Waals surface area contributed by atoms with Crippen LogP contribution in [0.2, 0.25) is 0 Å². The van der Waals surface area contributed by atoms with E-state index in [0.29, 0.717) is 10.0 Å². The van der Waals surface area contributed by atoms with E-state index in [4.69, 9.17) is 5.73 Å². The minimum absolute atomic E-state index is 0.116. The molecule has 0 saturated carbocycles. The van der Waals surface area contributed by atoms with Crippen molar-refractivity contribution < 1.29 is 17.9 Å². The van der Waals surface area contributed by atoms with Crippen LogP contribution in [0.3, 0.4) is 0 Å². The number of aromatic nitrogens is 1. The molecule has 1 aromatic heterocycles. The lowest BCUT2D eigenvalue weighted by atomic mass is 10.4.